The number of nitrogens with two attached hydrogens (primary N) is 1. The first kappa shape index (κ1) is 13.7. The number of fused-ring (bicyclic) bond motifs is 4. The van der Waals surface area contributed by atoms with Gasteiger partial charge in [-0.2, -0.15) is 9.50 Å². The van der Waals surface area contributed by atoms with Gasteiger partial charge < -0.3 is 5.73 Å². The van der Waals surface area contributed by atoms with Gasteiger partial charge in [-0.3, -0.25) is 4.57 Å². The molecular formula is C16H15N5O2. The Balaban J connectivity index is 2.23. The highest BCUT2D eigenvalue weighted by Gasteiger charge is 2.14. The molecule has 0 fully saturated rings. The summed E-state index contributed by atoms with van der Waals surface area (Å²) < 4.78 is 2.67. The monoisotopic (exact) mass is 309 g/mol. The fraction of sp³-hybridized carbons (Fsp3) is 0.188. The third-order valence-electron chi connectivity index (χ3n) is 4.08. The number of H-pyrrole nitrogens is 1. The average Bonchev–Trinajstić information content (AvgIpc) is 2.95. The lowest BCUT2D eigenvalue weighted by molar-refractivity contribution is 0.627. The molecular weight excluding hydrogens is 294 g/mol. The van der Waals surface area contributed by atoms with E-state index in [9.17, 15) is 9.59 Å². The normalized spacial score (nSPS) is 11.7. The fourth-order valence-corrected chi connectivity index (χ4v) is 2.98. The molecule has 4 rings (SSSR count). The predicted molar refractivity (Wildman–Crippen MR) is 88.8 cm³/mol. The number of nitrogens with one attached hydrogen (secondary N) is 1. The number of aromatic amines is 1. The van der Waals surface area contributed by atoms with E-state index in [-0.39, 0.29) is 0 Å². The lowest BCUT2D eigenvalue weighted by Gasteiger charge is -2.11. The van der Waals surface area contributed by atoms with E-state index in [1.165, 1.54) is 0 Å². The van der Waals surface area contributed by atoms with Crippen molar-refractivity contribution in [3.8, 4) is 0 Å². The third kappa shape index (κ3) is 1.97. The molecule has 7 heteroatoms. The minimum Gasteiger partial charge on any atom is -0.330 e. The van der Waals surface area contributed by atoms with Crippen molar-refractivity contribution in [1.82, 2.24) is 19.2 Å². The second-order valence-corrected chi connectivity index (χ2v) is 5.48. The van der Waals surface area contributed by atoms with Crippen LogP contribution in [-0.2, 0) is 6.54 Å². The van der Waals surface area contributed by atoms with Crippen LogP contribution in [-0.4, -0.2) is 25.7 Å². The molecule has 7 nitrogen and oxygen atoms in total. The molecule has 2 heterocycles. The van der Waals surface area contributed by atoms with Crippen LogP contribution in [0.4, 0.5) is 0 Å². The highest BCUT2D eigenvalue weighted by Crippen LogP contribution is 2.24. The smallest absolute Gasteiger partial charge is 0.330 e. The highest BCUT2D eigenvalue weighted by atomic mass is 16.2. The van der Waals surface area contributed by atoms with E-state index in [0.717, 1.165) is 26.1 Å². The fourth-order valence-electron chi connectivity index (χ4n) is 2.98. The van der Waals surface area contributed by atoms with Gasteiger partial charge in [-0.1, -0.05) is 24.3 Å². The Hall–Kier alpha value is -2.93. The van der Waals surface area contributed by atoms with Crippen molar-refractivity contribution < 1.29 is 0 Å². The predicted octanol–water partition coefficient (Wildman–Crippen LogP) is 0.840. The molecule has 0 atom stereocenters. The first-order chi connectivity index (χ1) is 11.2. The molecule has 116 valence electrons. The van der Waals surface area contributed by atoms with Gasteiger partial charge in [0.05, 0.1) is 5.52 Å². The van der Waals surface area contributed by atoms with Gasteiger partial charge in [-0.05, 0) is 35.9 Å². The van der Waals surface area contributed by atoms with Crippen molar-refractivity contribution in [3.63, 3.8) is 0 Å². The lowest BCUT2D eigenvalue weighted by Crippen LogP contribution is -2.33. The Morgan fingerprint density at radius 2 is 1.87 bits per heavy atom. The molecule has 0 aliphatic heterocycles. The molecule has 3 N–H and O–H groups in total. The number of aromatic nitrogens is 4. The summed E-state index contributed by atoms with van der Waals surface area (Å²) in [5.41, 5.74) is 5.77. The van der Waals surface area contributed by atoms with Crippen molar-refractivity contribution in [2.75, 3.05) is 6.54 Å². The van der Waals surface area contributed by atoms with Gasteiger partial charge in [0.25, 0.3) is 0 Å². The van der Waals surface area contributed by atoms with Crippen LogP contribution in [0.3, 0.4) is 0 Å². The van der Waals surface area contributed by atoms with E-state index < -0.39 is 11.4 Å². The van der Waals surface area contributed by atoms with Gasteiger partial charge in [0.1, 0.15) is 0 Å². The van der Waals surface area contributed by atoms with Gasteiger partial charge in [-0.15, -0.1) is 0 Å². The number of nitrogens with zero attached hydrogens (tertiary/aromatic N) is 3. The first-order valence-corrected chi connectivity index (χ1v) is 7.43. The van der Waals surface area contributed by atoms with Crippen molar-refractivity contribution in [1.29, 1.82) is 0 Å². The van der Waals surface area contributed by atoms with E-state index in [4.69, 9.17) is 5.73 Å². The second-order valence-electron chi connectivity index (χ2n) is 5.48. The minimum absolute atomic E-state index is 0.352. The minimum atomic E-state index is -0.526. The summed E-state index contributed by atoms with van der Waals surface area (Å²) in [5, 5.41) is 9.21. The molecule has 0 saturated heterocycles. The van der Waals surface area contributed by atoms with Crippen LogP contribution in [0.5, 0.6) is 0 Å². The quantitative estimate of drug-likeness (QED) is 0.548. The van der Waals surface area contributed by atoms with Gasteiger partial charge in [0.2, 0.25) is 0 Å². The summed E-state index contributed by atoms with van der Waals surface area (Å²) in [7, 11) is 0. The average molecular weight is 309 g/mol. The van der Waals surface area contributed by atoms with Gasteiger partial charge in [-0.25, -0.2) is 14.7 Å². The molecule has 0 spiro atoms. The van der Waals surface area contributed by atoms with Gasteiger partial charge in [0.15, 0.2) is 5.65 Å². The summed E-state index contributed by atoms with van der Waals surface area (Å²) in [4.78, 5) is 24.6. The largest absolute Gasteiger partial charge is 0.351 e. The first-order valence-electron chi connectivity index (χ1n) is 7.43. The zero-order valence-electron chi connectivity index (χ0n) is 12.3. The van der Waals surface area contributed by atoms with E-state index in [0.29, 0.717) is 25.2 Å². The number of aryl methyl sites for hydroxylation is 1. The maximum absolute atomic E-state index is 12.7. The van der Waals surface area contributed by atoms with Crippen molar-refractivity contribution in [3.05, 3.63) is 57.4 Å². The van der Waals surface area contributed by atoms with Crippen LogP contribution in [0.2, 0.25) is 0 Å². The Morgan fingerprint density at radius 3 is 2.61 bits per heavy atom. The highest BCUT2D eigenvalue weighted by molar-refractivity contribution is 6.02. The Kier molecular flexibility index (Phi) is 3.02. The molecule has 0 bridgehead atoms. The SMILES string of the molecule is NCCCn1c(=O)n2c(=O)[nH]nc2c2cc3ccccc3cc21. The van der Waals surface area contributed by atoms with E-state index in [1.807, 2.05) is 36.4 Å². The van der Waals surface area contributed by atoms with Gasteiger partial charge in [0, 0.05) is 11.9 Å². The standard InChI is InChI=1S/C16H15N5O2/c17-6-3-7-20-13-9-11-5-2-1-4-10(11)8-12(13)14-18-19-15(22)21(14)16(20)23/h1-2,4-5,8-9H,3,6-7,17H2,(H,19,22). The van der Waals surface area contributed by atoms with Crippen LogP contribution in [0.15, 0.2) is 46.0 Å². The van der Waals surface area contributed by atoms with Crippen LogP contribution in [0.1, 0.15) is 6.42 Å². The summed E-state index contributed by atoms with van der Waals surface area (Å²) >= 11 is 0. The molecule has 0 radical (unpaired) electrons. The Bertz CT molecular complexity index is 1150. The van der Waals surface area contributed by atoms with E-state index in [2.05, 4.69) is 10.2 Å². The summed E-state index contributed by atoms with van der Waals surface area (Å²) in [5.74, 6) is 0. The molecule has 0 aliphatic rings. The van der Waals surface area contributed by atoms with Crippen molar-refractivity contribution >= 4 is 27.3 Å². The van der Waals surface area contributed by atoms with Crippen molar-refractivity contribution in [2.45, 2.75) is 13.0 Å². The zero-order valence-corrected chi connectivity index (χ0v) is 12.3. The van der Waals surface area contributed by atoms with Crippen LogP contribution >= 0.6 is 0 Å². The third-order valence-corrected chi connectivity index (χ3v) is 4.08. The summed E-state index contributed by atoms with van der Waals surface area (Å²) in [6, 6.07) is 11.8. The van der Waals surface area contributed by atoms with Crippen LogP contribution in [0, 0.1) is 0 Å². The topological polar surface area (TPSA) is 98.2 Å². The number of rotatable bonds is 3. The summed E-state index contributed by atoms with van der Waals surface area (Å²) in [6.07, 6.45) is 0.653. The molecule has 2 aromatic heterocycles. The van der Waals surface area contributed by atoms with E-state index >= 15 is 0 Å². The Labute approximate surface area is 130 Å². The summed E-state index contributed by atoms with van der Waals surface area (Å²) in [6.45, 7) is 0.928. The maximum atomic E-state index is 12.7. The molecule has 0 aliphatic carbocycles. The second kappa shape index (κ2) is 5.06. The number of hydrogen-bond acceptors (Lipinski definition) is 4. The molecule has 23 heavy (non-hydrogen) atoms. The molecule has 2 aromatic carbocycles. The molecule has 0 saturated carbocycles. The number of benzene rings is 2. The lowest BCUT2D eigenvalue weighted by atomic mass is 10.1. The zero-order chi connectivity index (χ0) is 16.0. The molecule has 4 aromatic rings. The Morgan fingerprint density at radius 1 is 1.13 bits per heavy atom. The molecule has 0 amide bonds. The van der Waals surface area contributed by atoms with E-state index in [1.54, 1.807) is 4.57 Å². The van der Waals surface area contributed by atoms with Crippen molar-refractivity contribution in [2.24, 2.45) is 5.73 Å². The number of hydrogen-bond donors (Lipinski definition) is 2. The maximum Gasteiger partial charge on any atom is 0.351 e. The van der Waals surface area contributed by atoms with Crippen LogP contribution in [0.25, 0.3) is 27.3 Å². The molecule has 0 unspecified atom stereocenters. The van der Waals surface area contributed by atoms with Crippen LogP contribution < -0.4 is 17.1 Å². The van der Waals surface area contributed by atoms with Gasteiger partial charge >= 0.3 is 11.4 Å².